The van der Waals surface area contributed by atoms with Crippen molar-refractivity contribution >= 4 is 62.0 Å². The van der Waals surface area contributed by atoms with Crippen molar-refractivity contribution in [3.05, 3.63) is 42.0 Å². The summed E-state index contributed by atoms with van der Waals surface area (Å²) in [7, 11) is -4.57. The molecule has 0 heterocycles. The fraction of sp³-hybridized carbons (Fsp3) is 0.0588. The molecule has 0 bridgehead atoms. The second-order valence-electron chi connectivity index (χ2n) is 6.26. The third-order valence-electron chi connectivity index (χ3n) is 4.20. The van der Waals surface area contributed by atoms with Crippen LogP contribution in [0.25, 0.3) is 10.8 Å². The summed E-state index contributed by atoms with van der Waals surface area (Å²) in [4.78, 5) is 0.121. The molecule has 0 saturated carbocycles. The summed E-state index contributed by atoms with van der Waals surface area (Å²) in [5.74, 6) is -0.474. The van der Waals surface area contributed by atoms with Crippen molar-refractivity contribution in [3.8, 4) is 5.75 Å². The van der Waals surface area contributed by atoms with Crippen LogP contribution >= 0.6 is 24.1 Å². The van der Waals surface area contributed by atoms with Gasteiger partial charge in [0.25, 0.3) is 10.1 Å². The van der Waals surface area contributed by atoms with Crippen molar-refractivity contribution in [1.29, 1.82) is 0 Å². The largest absolute Gasteiger partial charge is 0.505 e. The molecule has 13 nitrogen and oxygen atoms in total. The normalized spacial score (nSPS) is 12.1. The van der Waals surface area contributed by atoms with E-state index in [0.29, 0.717) is 22.6 Å². The zero-order valence-electron chi connectivity index (χ0n) is 16.4. The second-order valence-corrected chi connectivity index (χ2v) is 9.17. The summed E-state index contributed by atoms with van der Waals surface area (Å²) in [6.07, 6.45) is 0. The number of hydrogen-bond donors (Lipinski definition) is 5. The molecule has 16 heteroatoms. The Morgan fingerprint density at radius 2 is 1.64 bits per heavy atom. The molecular formula is C17H15N3O10S3. The number of nitrogens with zero attached hydrogens (tertiary/aromatic N) is 2. The predicted molar refractivity (Wildman–Crippen MR) is 117 cm³/mol. The van der Waals surface area contributed by atoms with E-state index in [2.05, 4.69) is 29.0 Å². The summed E-state index contributed by atoms with van der Waals surface area (Å²) in [5, 5.41) is 43.0. The van der Waals surface area contributed by atoms with Gasteiger partial charge in [0.1, 0.15) is 5.69 Å². The summed E-state index contributed by atoms with van der Waals surface area (Å²) in [5.41, 5.74) is 6.73. The molecule has 0 unspecified atom stereocenters. The molecule has 0 radical (unpaired) electrons. The van der Waals surface area contributed by atoms with Crippen molar-refractivity contribution in [2.24, 2.45) is 10.2 Å². The highest BCUT2D eigenvalue weighted by Crippen LogP contribution is 2.46. The average Bonchev–Trinajstić information content (AvgIpc) is 2.76. The summed E-state index contributed by atoms with van der Waals surface area (Å²) < 4.78 is 41.2. The monoisotopic (exact) mass is 517 g/mol. The van der Waals surface area contributed by atoms with Gasteiger partial charge in [-0.2, -0.15) is 13.5 Å². The quantitative estimate of drug-likeness (QED) is 0.0637. The highest BCUT2D eigenvalue weighted by molar-refractivity contribution is 7.95. The first kappa shape index (κ1) is 25.1. The van der Waals surface area contributed by atoms with E-state index in [1.54, 1.807) is 25.1 Å². The third-order valence-corrected chi connectivity index (χ3v) is 6.40. The molecule has 0 aromatic heterocycles. The highest BCUT2D eigenvalue weighted by Gasteiger charge is 2.20. The lowest BCUT2D eigenvalue weighted by atomic mass is 10.1. The Kier molecular flexibility index (Phi) is 8.08. The average molecular weight is 518 g/mol. The predicted octanol–water partition coefficient (Wildman–Crippen LogP) is 4.95. The van der Waals surface area contributed by atoms with Crippen LogP contribution in [0.5, 0.6) is 5.75 Å². The molecule has 176 valence electrons. The molecule has 0 spiro atoms. The number of nitrogens with two attached hydrogens (primary N) is 1. The Balaban J connectivity index is 2.13. The van der Waals surface area contributed by atoms with Crippen LogP contribution in [0.3, 0.4) is 0 Å². The van der Waals surface area contributed by atoms with Crippen molar-refractivity contribution in [2.75, 3.05) is 5.73 Å². The van der Waals surface area contributed by atoms with E-state index in [1.807, 2.05) is 0 Å². The van der Waals surface area contributed by atoms with E-state index < -0.39 is 20.8 Å². The van der Waals surface area contributed by atoms with E-state index in [1.165, 1.54) is 6.07 Å². The van der Waals surface area contributed by atoms with Crippen LogP contribution in [-0.4, -0.2) is 28.6 Å². The van der Waals surface area contributed by atoms with Crippen LogP contribution in [0.1, 0.15) is 5.56 Å². The van der Waals surface area contributed by atoms with Crippen LogP contribution in [0.2, 0.25) is 0 Å². The maximum Gasteiger partial charge on any atom is 0.294 e. The number of fused-ring (bicyclic) bond motifs is 1. The minimum absolute atomic E-state index is 0.0410. The number of azo groups is 1. The Labute approximate surface area is 194 Å². The minimum atomic E-state index is -4.57. The van der Waals surface area contributed by atoms with E-state index in [4.69, 9.17) is 16.2 Å². The Bertz CT molecular complexity index is 1320. The smallest absolute Gasteiger partial charge is 0.294 e. The summed E-state index contributed by atoms with van der Waals surface area (Å²) >= 11 is 1.17. The molecule has 0 aliphatic carbocycles. The van der Waals surface area contributed by atoms with Crippen molar-refractivity contribution < 1.29 is 47.3 Å². The van der Waals surface area contributed by atoms with Gasteiger partial charge in [0, 0.05) is 16.0 Å². The fourth-order valence-electron chi connectivity index (χ4n) is 2.75. The van der Waals surface area contributed by atoms with Crippen LogP contribution in [-0.2, 0) is 28.9 Å². The molecule has 0 amide bonds. The molecule has 6 N–H and O–H groups in total. The molecule has 0 aliphatic rings. The number of phenols is 1. The second kappa shape index (κ2) is 10.6. The van der Waals surface area contributed by atoms with Crippen LogP contribution in [0.4, 0.5) is 17.1 Å². The van der Waals surface area contributed by atoms with Crippen LogP contribution in [0.15, 0.2) is 61.3 Å². The zero-order valence-corrected chi connectivity index (χ0v) is 18.8. The van der Waals surface area contributed by atoms with E-state index >= 15 is 0 Å². The maximum atomic E-state index is 11.5. The van der Waals surface area contributed by atoms with Gasteiger partial charge in [-0.1, -0.05) is 16.1 Å². The number of nitrogen functional groups attached to an aromatic ring is 1. The van der Waals surface area contributed by atoms with Crippen molar-refractivity contribution in [1.82, 2.24) is 0 Å². The van der Waals surface area contributed by atoms with E-state index in [0.717, 1.165) is 29.7 Å². The van der Waals surface area contributed by atoms with Gasteiger partial charge in [-0.05, 0) is 48.2 Å². The number of hydrogen-bond acceptors (Lipinski definition) is 14. The number of rotatable bonds is 9. The molecule has 33 heavy (non-hydrogen) atoms. The van der Waals surface area contributed by atoms with Gasteiger partial charge >= 0.3 is 0 Å². The first-order valence-corrected chi connectivity index (χ1v) is 11.5. The molecule has 3 rings (SSSR count). The molecule has 0 fully saturated rings. The van der Waals surface area contributed by atoms with Gasteiger partial charge in [-0.3, -0.25) is 4.55 Å². The van der Waals surface area contributed by atoms with E-state index in [-0.39, 0.29) is 27.0 Å². The number of aromatic hydroxyl groups is 1. The Morgan fingerprint density at radius 3 is 2.27 bits per heavy atom. The van der Waals surface area contributed by atoms with Gasteiger partial charge in [0.2, 0.25) is 0 Å². The van der Waals surface area contributed by atoms with Crippen LogP contribution in [0, 0.1) is 6.92 Å². The molecule has 3 aromatic carbocycles. The van der Waals surface area contributed by atoms with Gasteiger partial charge < -0.3 is 10.8 Å². The maximum absolute atomic E-state index is 11.5. The lowest BCUT2D eigenvalue weighted by molar-refractivity contribution is -0.432. The minimum Gasteiger partial charge on any atom is -0.505 e. The zero-order chi connectivity index (χ0) is 24.2. The number of benzene rings is 3. The van der Waals surface area contributed by atoms with Gasteiger partial charge in [0.15, 0.2) is 5.75 Å². The first-order valence-electron chi connectivity index (χ1n) is 8.54. The number of anilines is 1. The molecular weight excluding hydrogens is 502 g/mol. The number of aryl methyl sites for hydroxylation is 1. The summed E-state index contributed by atoms with van der Waals surface area (Å²) in [6, 6.07) is 8.27. The molecule has 3 aromatic rings. The SMILES string of the molecule is Cc1ccc(N=Nc2c(SOOO)cc3cc(S(=O)(=O)O)cc(N)c3c2O)cc1SOOO. The third kappa shape index (κ3) is 5.89. The number of phenolic OH excluding ortho intramolecular Hbond substituents is 1. The van der Waals surface area contributed by atoms with Gasteiger partial charge in [-0.15, -0.1) is 13.8 Å². The van der Waals surface area contributed by atoms with E-state index in [9.17, 15) is 18.1 Å². The van der Waals surface area contributed by atoms with Crippen molar-refractivity contribution in [3.63, 3.8) is 0 Å². The lowest BCUT2D eigenvalue weighted by Gasteiger charge is -2.12. The molecule has 0 aliphatic heterocycles. The molecule has 0 saturated heterocycles. The lowest BCUT2D eigenvalue weighted by Crippen LogP contribution is -2.00. The Hall–Kier alpha value is -2.51. The summed E-state index contributed by atoms with van der Waals surface area (Å²) in [6.45, 7) is 1.78. The Morgan fingerprint density at radius 1 is 0.970 bits per heavy atom. The highest BCUT2D eigenvalue weighted by atomic mass is 32.2. The first-order chi connectivity index (χ1) is 15.7. The van der Waals surface area contributed by atoms with Crippen LogP contribution < -0.4 is 5.73 Å². The standard InChI is InChI=1S/C17H15N3O10S3/c1-8-2-3-10(6-13(8)31-29-27-22)19-20-16-14(32-30-28-23)5-9-4-11(33(24,25)26)7-12(18)15(9)17(16)21/h2-7,21-23H,18H2,1H3,(H,24,25,26). The topological polar surface area (TPSA) is 203 Å². The fourth-order valence-corrected chi connectivity index (χ4v) is 4.27. The van der Waals surface area contributed by atoms with Crippen molar-refractivity contribution in [2.45, 2.75) is 21.6 Å². The van der Waals surface area contributed by atoms with Gasteiger partial charge in [-0.25, -0.2) is 10.5 Å². The molecule has 0 atom stereocenters. The van der Waals surface area contributed by atoms with Gasteiger partial charge in [0.05, 0.1) is 39.6 Å².